The number of hydrogen-bond donors (Lipinski definition) is 1. The monoisotopic (exact) mass is 368 g/mol. The van der Waals surface area contributed by atoms with Gasteiger partial charge in [-0.3, -0.25) is 4.79 Å². The number of nitrogens with zero attached hydrogens (tertiary/aromatic N) is 3. The zero-order chi connectivity index (χ0) is 18.1. The molecular formula is C19H20N4O2S. The lowest BCUT2D eigenvalue weighted by Gasteiger charge is -2.28. The molecule has 0 unspecified atom stereocenters. The molecule has 1 fully saturated rings. The van der Waals surface area contributed by atoms with E-state index in [1.165, 1.54) is 11.3 Å². The van der Waals surface area contributed by atoms with Crippen molar-refractivity contribution in [3.63, 3.8) is 0 Å². The number of aromatic nitrogens is 2. The van der Waals surface area contributed by atoms with E-state index in [1.807, 2.05) is 38.1 Å². The van der Waals surface area contributed by atoms with Crippen LogP contribution in [0.4, 0.5) is 11.5 Å². The van der Waals surface area contributed by atoms with Gasteiger partial charge < -0.3 is 15.0 Å². The molecule has 0 radical (unpaired) electrons. The van der Waals surface area contributed by atoms with Crippen LogP contribution < -0.4 is 10.2 Å². The number of morpholine rings is 1. The highest BCUT2D eigenvalue weighted by atomic mass is 32.1. The summed E-state index contributed by atoms with van der Waals surface area (Å²) in [5.74, 6) is 0.783. The van der Waals surface area contributed by atoms with Gasteiger partial charge in [-0.15, -0.1) is 11.3 Å². The first kappa shape index (κ1) is 16.9. The van der Waals surface area contributed by atoms with Crippen LogP contribution in [-0.2, 0) is 4.74 Å². The summed E-state index contributed by atoms with van der Waals surface area (Å²) in [6.07, 6.45) is 1.57. The van der Waals surface area contributed by atoms with Crippen molar-refractivity contribution in [2.45, 2.75) is 13.8 Å². The van der Waals surface area contributed by atoms with Crippen molar-refractivity contribution in [1.82, 2.24) is 9.97 Å². The molecule has 0 atom stereocenters. The van der Waals surface area contributed by atoms with Gasteiger partial charge in [0.1, 0.15) is 17.0 Å². The molecule has 3 aromatic rings. The Morgan fingerprint density at radius 1 is 1.23 bits per heavy atom. The highest BCUT2D eigenvalue weighted by Crippen LogP contribution is 2.35. The maximum Gasteiger partial charge on any atom is 0.266 e. The topological polar surface area (TPSA) is 67.4 Å². The molecule has 1 amide bonds. The predicted molar refractivity (Wildman–Crippen MR) is 104 cm³/mol. The SMILES string of the molecule is Cc1cccc(NC(=O)c2sc3ncnc(N4CCOCC4)c3c2C)c1. The number of carbonyl (C=O) groups excluding carboxylic acids is 1. The lowest BCUT2D eigenvalue weighted by molar-refractivity contribution is 0.103. The number of nitrogens with one attached hydrogen (secondary N) is 1. The van der Waals surface area contributed by atoms with E-state index >= 15 is 0 Å². The molecule has 1 saturated heterocycles. The minimum atomic E-state index is -0.107. The molecule has 3 heterocycles. The number of anilines is 2. The zero-order valence-corrected chi connectivity index (χ0v) is 15.6. The van der Waals surface area contributed by atoms with E-state index in [0.29, 0.717) is 18.1 Å². The second-order valence-corrected chi connectivity index (χ2v) is 7.36. The van der Waals surface area contributed by atoms with E-state index in [4.69, 9.17) is 4.74 Å². The molecule has 1 aromatic carbocycles. The molecule has 1 N–H and O–H groups in total. The van der Waals surface area contributed by atoms with Crippen LogP contribution in [0.15, 0.2) is 30.6 Å². The minimum absolute atomic E-state index is 0.107. The fourth-order valence-electron chi connectivity index (χ4n) is 3.20. The number of fused-ring (bicyclic) bond motifs is 1. The Bertz CT molecular complexity index is 963. The van der Waals surface area contributed by atoms with E-state index in [0.717, 1.165) is 45.9 Å². The highest BCUT2D eigenvalue weighted by Gasteiger charge is 2.23. The standard InChI is InChI=1S/C19H20N4O2S/c1-12-4-3-5-14(10-12)22-18(24)16-13(2)15-17(20-11-21-19(15)26-16)23-6-8-25-9-7-23/h3-5,10-11H,6-9H2,1-2H3,(H,22,24). The summed E-state index contributed by atoms with van der Waals surface area (Å²) in [6.45, 7) is 6.95. The molecule has 1 aliphatic heterocycles. The first-order chi connectivity index (χ1) is 12.6. The van der Waals surface area contributed by atoms with E-state index in [-0.39, 0.29) is 5.91 Å². The Morgan fingerprint density at radius 2 is 2.04 bits per heavy atom. The first-order valence-electron chi connectivity index (χ1n) is 8.58. The molecule has 0 saturated carbocycles. The smallest absolute Gasteiger partial charge is 0.266 e. The maximum absolute atomic E-state index is 12.8. The summed E-state index contributed by atoms with van der Waals surface area (Å²) < 4.78 is 5.44. The molecule has 4 rings (SSSR count). The van der Waals surface area contributed by atoms with Gasteiger partial charge in [0.25, 0.3) is 5.91 Å². The van der Waals surface area contributed by atoms with Crippen LogP contribution >= 0.6 is 11.3 Å². The van der Waals surface area contributed by atoms with Gasteiger partial charge in [0, 0.05) is 18.8 Å². The van der Waals surface area contributed by atoms with Gasteiger partial charge in [-0.05, 0) is 37.1 Å². The Hall–Kier alpha value is -2.51. The fourth-order valence-corrected chi connectivity index (χ4v) is 4.23. The third-order valence-corrected chi connectivity index (χ3v) is 5.70. The molecular weight excluding hydrogens is 348 g/mol. The summed E-state index contributed by atoms with van der Waals surface area (Å²) in [7, 11) is 0. The summed E-state index contributed by atoms with van der Waals surface area (Å²) in [5.41, 5.74) is 2.83. The second kappa shape index (κ2) is 7.01. The van der Waals surface area contributed by atoms with Crippen molar-refractivity contribution in [3.05, 3.63) is 46.6 Å². The van der Waals surface area contributed by atoms with Gasteiger partial charge in [-0.25, -0.2) is 9.97 Å². The second-order valence-electron chi connectivity index (χ2n) is 6.36. The van der Waals surface area contributed by atoms with Gasteiger partial charge in [0.2, 0.25) is 0 Å². The van der Waals surface area contributed by atoms with Crippen LogP contribution in [0.5, 0.6) is 0 Å². The van der Waals surface area contributed by atoms with Crippen LogP contribution in [-0.4, -0.2) is 42.2 Å². The third kappa shape index (κ3) is 3.15. The molecule has 134 valence electrons. The molecule has 6 nitrogen and oxygen atoms in total. The Kier molecular flexibility index (Phi) is 4.57. The molecule has 26 heavy (non-hydrogen) atoms. The molecule has 7 heteroatoms. The molecule has 0 aliphatic carbocycles. The van der Waals surface area contributed by atoms with Gasteiger partial charge in [0.05, 0.1) is 23.5 Å². The highest BCUT2D eigenvalue weighted by molar-refractivity contribution is 7.20. The van der Waals surface area contributed by atoms with Crippen LogP contribution in [0.2, 0.25) is 0 Å². The van der Waals surface area contributed by atoms with Crippen molar-refractivity contribution < 1.29 is 9.53 Å². The number of benzene rings is 1. The van der Waals surface area contributed by atoms with Crippen LogP contribution in [0.3, 0.4) is 0 Å². The Balaban J connectivity index is 1.70. The Morgan fingerprint density at radius 3 is 2.81 bits per heavy atom. The fraction of sp³-hybridized carbons (Fsp3) is 0.316. The van der Waals surface area contributed by atoms with Crippen molar-refractivity contribution in [1.29, 1.82) is 0 Å². The van der Waals surface area contributed by atoms with Crippen molar-refractivity contribution in [2.75, 3.05) is 36.5 Å². The van der Waals surface area contributed by atoms with E-state index in [9.17, 15) is 4.79 Å². The predicted octanol–water partition coefficient (Wildman–Crippen LogP) is 3.40. The molecule has 1 aliphatic rings. The number of carbonyl (C=O) groups is 1. The van der Waals surface area contributed by atoms with Gasteiger partial charge in [-0.1, -0.05) is 12.1 Å². The van der Waals surface area contributed by atoms with Crippen LogP contribution in [0.1, 0.15) is 20.8 Å². The van der Waals surface area contributed by atoms with Crippen LogP contribution in [0, 0.1) is 13.8 Å². The Labute approximate surface area is 155 Å². The number of thiophene rings is 1. The van der Waals surface area contributed by atoms with E-state index in [2.05, 4.69) is 20.2 Å². The summed E-state index contributed by atoms with van der Waals surface area (Å²) in [5, 5.41) is 3.96. The molecule has 0 bridgehead atoms. The van der Waals surface area contributed by atoms with Crippen molar-refractivity contribution >= 4 is 39.0 Å². The molecule has 0 spiro atoms. The van der Waals surface area contributed by atoms with Gasteiger partial charge >= 0.3 is 0 Å². The molecule has 2 aromatic heterocycles. The number of amides is 1. The number of hydrogen-bond acceptors (Lipinski definition) is 6. The van der Waals surface area contributed by atoms with Crippen LogP contribution in [0.25, 0.3) is 10.2 Å². The van der Waals surface area contributed by atoms with Crippen molar-refractivity contribution in [3.8, 4) is 0 Å². The maximum atomic E-state index is 12.8. The zero-order valence-electron chi connectivity index (χ0n) is 14.8. The minimum Gasteiger partial charge on any atom is -0.378 e. The summed E-state index contributed by atoms with van der Waals surface area (Å²) >= 11 is 1.41. The quantitative estimate of drug-likeness (QED) is 0.767. The van der Waals surface area contributed by atoms with Gasteiger partial charge in [0.15, 0.2) is 0 Å². The third-order valence-electron chi connectivity index (χ3n) is 4.50. The van der Waals surface area contributed by atoms with Crippen molar-refractivity contribution in [2.24, 2.45) is 0 Å². The van der Waals surface area contributed by atoms with Gasteiger partial charge in [-0.2, -0.15) is 0 Å². The lowest BCUT2D eigenvalue weighted by Crippen LogP contribution is -2.36. The first-order valence-corrected chi connectivity index (χ1v) is 9.40. The van der Waals surface area contributed by atoms with E-state index < -0.39 is 0 Å². The number of ether oxygens (including phenoxy) is 1. The van der Waals surface area contributed by atoms with E-state index in [1.54, 1.807) is 6.33 Å². The number of rotatable bonds is 3. The average Bonchev–Trinajstić information content (AvgIpc) is 3.00. The average molecular weight is 368 g/mol. The summed E-state index contributed by atoms with van der Waals surface area (Å²) in [6, 6.07) is 7.79. The summed E-state index contributed by atoms with van der Waals surface area (Å²) in [4.78, 5) is 25.4. The lowest BCUT2D eigenvalue weighted by atomic mass is 10.1. The normalized spacial score (nSPS) is 14.6. The largest absolute Gasteiger partial charge is 0.378 e. The number of aryl methyl sites for hydroxylation is 2.